The fourth-order valence-corrected chi connectivity index (χ4v) is 3.78. The molecule has 0 bridgehead atoms. The van der Waals surface area contributed by atoms with Crippen LogP contribution in [-0.4, -0.2) is 44.7 Å². The SMILES string of the molecule is Cc1nccn1CCNC(=O)N(CC(O)c1ccccc1)C1CCCCC1. The molecule has 6 heteroatoms. The minimum absolute atomic E-state index is 0.0883. The molecule has 1 atom stereocenters. The molecule has 0 saturated heterocycles. The Balaban J connectivity index is 1.61. The molecule has 0 radical (unpaired) electrons. The maximum Gasteiger partial charge on any atom is 0.317 e. The largest absolute Gasteiger partial charge is 0.387 e. The number of hydrogen-bond donors (Lipinski definition) is 2. The Kier molecular flexibility index (Phi) is 6.87. The van der Waals surface area contributed by atoms with Crippen molar-refractivity contribution >= 4 is 6.03 Å². The van der Waals surface area contributed by atoms with Gasteiger partial charge >= 0.3 is 6.03 Å². The third kappa shape index (κ3) is 5.32. The van der Waals surface area contributed by atoms with Crippen molar-refractivity contribution < 1.29 is 9.90 Å². The highest BCUT2D eigenvalue weighted by Gasteiger charge is 2.27. The van der Waals surface area contributed by atoms with Crippen LogP contribution in [0, 0.1) is 6.92 Å². The van der Waals surface area contributed by atoms with Gasteiger partial charge in [-0.2, -0.15) is 0 Å². The minimum Gasteiger partial charge on any atom is -0.387 e. The molecule has 1 heterocycles. The Labute approximate surface area is 161 Å². The topological polar surface area (TPSA) is 70.4 Å². The molecule has 3 rings (SSSR count). The van der Waals surface area contributed by atoms with E-state index in [4.69, 9.17) is 0 Å². The van der Waals surface area contributed by atoms with Crippen molar-refractivity contribution in [3.63, 3.8) is 0 Å². The maximum atomic E-state index is 12.9. The molecule has 146 valence electrons. The van der Waals surface area contributed by atoms with Crippen LogP contribution in [0.1, 0.15) is 49.6 Å². The van der Waals surface area contributed by atoms with Gasteiger partial charge in [-0.15, -0.1) is 0 Å². The summed E-state index contributed by atoms with van der Waals surface area (Å²) in [5.74, 6) is 0.938. The quantitative estimate of drug-likeness (QED) is 0.786. The highest BCUT2D eigenvalue weighted by atomic mass is 16.3. The predicted octanol–water partition coefficient (Wildman–Crippen LogP) is 3.27. The van der Waals surface area contributed by atoms with Gasteiger partial charge in [0, 0.05) is 31.5 Å². The second kappa shape index (κ2) is 9.55. The second-order valence-corrected chi connectivity index (χ2v) is 7.27. The number of hydrogen-bond acceptors (Lipinski definition) is 3. The number of carbonyl (C=O) groups excluding carboxylic acids is 1. The van der Waals surface area contributed by atoms with Crippen molar-refractivity contribution in [3.8, 4) is 0 Å². The maximum absolute atomic E-state index is 12.9. The molecule has 0 aliphatic heterocycles. The second-order valence-electron chi connectivity index (χ2n) is 7.27. The zero-order valence-electron chi connectivity index (χ0n) is 16.1. The molecule has 1 aromatic heterocycles. The lowest BCUT2D eigenvalue weighted by molar-refractivity contribution is 0.0901. The summed E-state index contributed by atoms with van der Waals surface area (Å²) in [5, 5.41) is 13.7. The molecule has 27 heavy (non-hydrogen) atoms. The molecule has 1 aromatic carbocycles. The van der Waals surface area contributed by atoms with Crippen LogP contribution in [0.2, 0.25) is 0 Å². The highest BCUT2D eigenvalue weighted by Crippen LogP contribution is 2.25. The Bertz CT molecular complexity index is 710. The Morgan fingerprint density at radius 2 is 2.04 bits per heavy atom. The number of nitrogens with zero attached hydrogens (tertiary/aromatic N) is 3. The zero-order chi connectivity index (χ0) is 19.1. The standard InChI is InChI=1S/C21H30N4O2/c1-17-22-12-14-24(17)15-13-23-21(27)25(19-10-6-3-7-11-19)16-20(26)18-8-4-2-5-9-18/h2,4-5,8-9,12,14,19-20,26H,3,6-7,10-11,13,15-16H2,1H3,(H,23,27). The first kappa shape index (κ1) is 19.4. The molecule has 6 nitrogen and oxygen atoms in total. The van der Waals surface area contributed by atoms with Crippen LogP contribution in [0.15, 0.2) is 42.7 Å². The average Bonchev–Trinajstić information content (AvgIpc) is 3.12. The van der Waals surface area contributed by atoms with Crippen LogP contribution in [-0.2, 0) is 6.54 Å². The van der Waals surface area contributed by atoms with E-state index in [9.17, 15) is 9.90 Å². The van der Waals surface area contributed by atoms with E-state index in [-0.39, 0.29) is 12.1 Å². The number of aliphatic hydroxyl groups is 1. The van der Waals surface area contributed by atoms with Gasteiger partial charge < -0.3 is 19.9 Å². The fraction of sp³-hybridized carbons (Fsp3) is 0.524. The molecule has 1 fully saturated rings. The molecule has 1 aliphatic rings. The summed E-state index contributed by atoms with van der Waals surface area (Å²) < 4.78 is 2.02. The van der Waals surface area contributed by atoms with Crippen LogP contribution >= 0.6 is 0 Å². The summed E-state index contributed by atoms with van der Waals surface area (Å²) >= 11 is 0. The Hall–Kier alpha value is -2.34. The van der Waals surface area contributed by atoms with Gasteiger partial charge in [-0.3, -0.25) is 0 Å². The molecule has 0 spiro atoms. The predicted molar refractivity (Wildman–Crippen MR) is 105 cm³/mol. The van der Waals surface area contributed by atoms with Crippen molar-refractivity contribution in [2.45, 2.75) is 57.7 Å². The fourth-order valence-electron chi connectivity index (χ4n) is 3.78. The number of rotatable bonds is 7. The lowest BCUT2D eigenvalue weighted by Crippen LogP contribution is -2.49. The number of benzene rings is 1. The highest BCUT2D eigenvalue weighted by molar-refractivity contribution is 5.74. The van der Waals surface area contributed by atoms with E-state index in [2.05, 4.69) is 10.3 Å². The van der Waals surface area contributed by atoms with E-state index in [1.54, 1.807) is 6.20 Å². The molecule has 1 saturated carbocycles. The van der Waals surface area contributed by atoms with Gasteiger partial charge in [0.15, 0.2) is 0 Å². The van der Waals surface area contributed by atoms with Gasteiger partial charge in [0.1, 0.15) is 5.82 Å². The first-order chi connectivity index (χ1) is 13.1. The number of amides is 2. The molecule has 2 N–H and O–H groups in total. The van der Waals surface area contributed by atoms with Crippen LogP contribution in [0.5, 0.6) is 0 Å². The Morgan fingerprint density at radius 3 is 2.70 bits per heavy atom. The van der Waals surface area contributed by atoms with Crippen molar-refractivity contribution in [2.24, 2.45) is 0 Å². The number of aryl methyl sites for hydroxylation is 1. The summed E-state index contributed by atoms with van der Waals surface area (Å²) in [5.41, 5.74) is 0.847. The van der Waals surface area contributed by atoms with Crippen molar-refractivity contribution in [1.82, 2.24) is 19.8 Å². The van der Waals surface area contributed by atoms with E-state index in [1.807, 2.05) is 52.9 Å². The summed E-state index contributed by atoms with van der Waals surface area (Å²) in [6, 6.07) is 9.68. The number of carbonyl (C=O) groups is 1. The van der Waals surface area contributed by atoms with Gasteiger partial charge in [0.25, 0.3) is 0 Å². The molecule has 2 aromatic rings. The van der Waals surface area contributed by atoms with E-state index >= 15 is 0 Å². The van der Waals surface area contributed by atoms with E-state index < -0.39 is 6.10 Å². The molecule has 1 unspecified atom stereocenters. The molecule has 2 amide bonds. The van der Waals surface area contributed by atoms with Crippen molar-refractivity contribution in [1.29, 1.82) is 0 Å². The smallest absolute Gasteiger partial charge is 0.317 e. The molecule has 1 aliphatic carbocycles. The summed E-state index contributed by atoms with van der Waals surface area (Å²) in [6.07, 6.45) is 8.54. The third-order valence-electron chi connectivity index (χ3n) is 5.38. The zero-order valence-corrected chi connectivity index (χ0v) is 16.1. The lowest BCUT2D eigenvalue weighted by Gasteiger charge is -2.35. The van der Waals surface area contributed by atoms with Crippen LogP contribution in [0.4, 0.5) is 4.79 Å². The third-order valence-corrected chi connectivity index (χ3v) is 5.38. The first-order valence-corrected chi connectivity index (χ1v) is 9.90. The number of aliphatic hydroxyl groups excluding tert-OH is 1. The van der Waals surface area contributed by atoms with E-state index in [1.165, 1.54) is 6.42 Å². The molecular weight excluding hydrogens is 340 g/mol. The van der Waals surface area contributed by atoms with Crippen molar-refractivity contribution in [2.75, 3.05) is 13.1 Å². The van der Waals surface area contributed by atoms with Gasteiger partial charge in [0.05, 0.1) is 12.6 Å². The Morgan fingerprint density at radius 1 is 1.30 bits per heavy atom. The summed E-state index contributed by atoms with van der Waals surface area (Å²) in [6.45, 7) is 3.51. The van der Waals surface area contributed by atoms with Crippen LogP contribution in [0.3, 0.4) is 0 Å². The first-order valence-electron chi connectivity index (χ1n) is 9.90. The summed E-state index contributed by atoms with van der Waals surface area (Å²) in [4.78, 5) is 18.9. The monoisotopic (exact) mass is 370 g/mol. The number of imidazole rings is 1. The molecular formula is C21H30N4O2. The van der Waals surface area contributed by atoms with Crippen LogP contribution in [0.25, 0.3) is 0 Å². The normalized spacial score (nSPS) is 16.1. The van der Waals surface area contributed by atoms with Crippen molar-refractivity contribution in [3.05, 3.63) is 54.1 Å². The minimum atomic E-state index is -0.672. The van der Waals surface area contributed by atoms with Gasteiger partial charge in [0.2, 0.25) is 0 Å². The van der Waals surface area contributed by atoms with Gasteiger partial charge in [-0.25, -0.2) is 9.78 Å². The van der Waals surface area contributed by atoms with Gasteiger partial charge in [-0.1, -0.05) is 49.6 Å². The summed E-state index contributed by atoms with van der Waals surface area (Å²) in [7, 11) is 0. The number of aromatic nitrogens is 2. The van der Waals surface area contributed by atoms with Crippen LogP contribution < -0.4 is 5.32 Å². The number of nitrogens with one attached hydrogen (secondary N) is 1. The number of urea groups is 1. The lowest BCUT2D eigenvalue weighted by atomic mass is 9.94. The van der Waals surface area contributed by atoms with E-state index in [0.29, 0.717) is 19.6 Å². The van der Waals surface area contributed by atoms with Gasteiger partial charge in [-0.05, 0) is 25.3 Å². The van der Waals surface area contributed by atoms with E-state index in [0.717, 1.165) is 37.1 Å². The average molecular weight is 370 g/mol.